The zero-order valence-electron chi connectivity index (χ0n) is 51.0. The smallest absolute Gasteiger partial charge is 0.338 e. The third-order valence-electron chi connectivity index (χ3n) is 15.8. The molecule has 0 amide bonds. The van der Waals surface area contributed by atoms with E-state index in [4.69, 9.17) is 32.8 Å². The lowest BCUT2D eigenvalue weighted by Crippen LogP contribution is -2.44. The first-order chi connectivity index (χ1) is 37.0. The quantitative estimate of drug-likeness (QED) is 0.0520. The Hall–Kier alpha value is -5.24. The Morgan fingerprint density at radius 3 is 1.33 bits per heavy atom. The molecule has 10 atom stereocenters. The summed E-state index contributed by atoms with van der Waals surface area (Å²) >= 11 is 0. The molecular formula is C68H94O10Si. The first kappa shape index (κ1) is 64.6. The number of hydrogen-bond donors (Lipinski definition) is 1. The number of benzene rings is 4. The second kappa shape index (κ2) is 28.0. The van der Waals surface area contributed by atoms with Crippen molar-refractivity contribution in [1.29, 1.82) is 0 Å². The molecule has 6 rings (SSSR count). The summed E-state index contributed by atoms with van der Waals surface area (Å²) in [5.41, 5.74) is 8.84. The molecule has 2 aliphatic rings. The third kappa shape index (κ3) is 17.9. The molecule has 2 heterocycles. The van der Waals surface area contributed by atoms with Crippen LogP contribution in [-0.2, 0) is 32.8 Å². The minimum absolute atomic E-state index is 0.0676. The van der Waals surface area contributed by atoms with Crippen LogP contribution in [0.5, 0.6) is 0 Å². The Morgan fingerprint density at radius 2 is 0.975 bits per heavy atom. The summed E-state index contributed by atoms with van der Waals surface area (Å²) in [6.07, 6.45) is 17.3. The average molecular weight is 1100 g/mol. The molecule has 0 aliphatic carbocycles. The van der Waals surface area contributed by atoms with E-state index in [1.54, 1.807) is 6.92 Å². The molecule has 2 aliphatic heterocycles. The first-order valence-electron chi connectivity index (χ1n) is 28.3. The molecule has 0 aromatic heterocycles. The van der Waals surface area contributed by atoms with E-state index in [1.807, 2.05) is 127 Å². The van der Waals surface area contributed by atoms with Crippen molar-refractivity contribution in [3.05, 3.63) is 155 Å². The van der Waals surface area contributed by atoms with Gasteiger partial charge in [-0.15, -0.1) is 0 Å². The summed E-state index contributed by atoms with van der Waals surface area (Å²) in [7, 11) is 0.989. The average Bonchev–Trinajstić information content (AvgIpc) is 3.90. The van der Waals surface area contributed by atoms with Gasteiger partial charge in [0.15, 0.2) is 19.9 Å². The van der Waals surface area contributed by atoms with Crippen LogP contribution < -0.4 is 0 Å². The topological polar surface area (TPSA) is 119 Å². The van der Waals surface area contributed by atoms with Gasteiger partial charge in [0.25, 0.3) is 0 Å². The standard InChI is InChI=1S/C37H54O5Si.C31H40O5/c1-25(28(4)42-43(11,12)36(5,6)7)21-22-26(2)34-32(40-37(8,9)41-34)20-16-19-30-24-31(29-17-14-13-15-18-29)23-27(3)33(30)35(38)39-10;1-20(23(4)32)16-17-21(2)29-27(35-31(5,6)36-29)15-11-14-25-19-26(24-12-9-8-10-13-24)18-22(3)28(25)30(33)34-7/h13-19,21-26,28,32,34H,20H2,1-12H3;8-14,16-21,23,27,29,32H,15H2,1-7H3/b19-16+,22-21-;14-11+,17-16-/t25-,26?,28+,32+,34-;20-,21?,23+,27+,29-/m11/s1. The van der Waals surface area contributed by atoms with Crippen molar-refractivity contribution in [1.82, 2.24) is 0 Å². The fourth-order valence-electron chi connectivity index (χ4n) is 9.87. The van der Waals surface area contributed by atoms with Crippen LogP contribution in [-0.4, -0.2) is 87.8 Å². The molecule has 1 N–H and O–H groups in total. The van der Waals surface area contributed by atoms with Crippen molar-refractivity contribution >= 4 is 32.4 Å². The Kier molecular flexibility index (Phi) is 22.9. The maximum atomic E-state index is 12.7. The number of hydrogen-bond acceptors (Lipinski definition) is 10. The second-order valence-electron chi connectivity index (χ2n) is 24.3. The van der Waals surface area contributed by atoms with Crippen LogP contribution in [0.25, 0.3) is 34.4 Å². The van der Waals surface area contributed by atoms with Gasteiger partial charge in [-0.1, -0.05) is 170 Å². The zero-order chi connectivity index (χ0) is 58.6. The van der Waals surface area contributed by atoms with E-state index in [9.17, 15) is 14.7 Å². The summed E-state index contributed by atoms with van der Waals surface area (Å²) in [5, 5.41) is 9.98. The Morgan fingerprint density at radius 1 is 0.595 bits per heavy atom. The van der Waals surface area contributed by atoms with Crippen LogP contribution >= 0.6 is 0 Å². The van der Waals surface area contributed by atoms with Crippen molar-refractivity contribution in [2.75, 3.05) is 14.2 Å². The summed E-state index contributed by atoms with van der Waals surface area (Å²) < 4.78 is 42.1. The summed E-state index contributed by atoms with van der Waals surface area (Å²) in [4.78, 5) is 25.3. The SMILES string of the molecule is COC(=O)c1c(C)cc(-c2ccccc2)cc1/C=C/C[C@@H]1OC(C)(C)O[C@@H]1C(C)/C=C\[C@@H](C)[C@H](C)O.COC(=O)c1c(C)cc(-c2ccccc2)cc1/C=C/C[C@@H]1OC(C)(C)O[C@@H]1C(C)/C=C\[C@@H](C)[C@H](C)O[Si](C)(C)C(C)(C)C. The predicted octanol–water partition coefficient (Wildman–Crippen LogP) is 16.2. The van der Waals surface area contributed by atoms with E-state index in [2.05, 4.69) is 116 Å². The summed E-state index contributed by atoms with van der Waals surface area (Å²) in [5.74, 6) is -1.43. The molecule has 79 heavy (non-hydrogen) atoms. The maximum Gasteiger partial charge on any atom is 0.338 e. The fraction of sp³-hybridized carbons (Fsp3) is 0.500. The summed E-state index contributed by atoms with van der Waals surface area (Å²) in [6.45, 7) is 35.6. The second-order valence-corrected chi connectivity index (χ2v) is 29.1. The van der Waals surface area contributed by atoms with Crippen LogP contribution in [0.1, 0.15) is 146 Å². The van der Waals surface area contributed by atoms with Crippen LogP contribution in [0, 0.1) is 37.5 Å². The molecule has 11 heteroatoms. The lowest BCUT2D eigenvalue weighted by atomic mass is 9.93. The number of rotatable bonds is 20. The van der Waals surface area contributed by atoms with Crippen LogP contribution in [0.15, 0.2) is 121 Å². The molecule has 0 saturated carbocycles. The van der Waals surface area contributed by atoms with E-state index >= 15 is 0 Å². The zero-order valence-corrected chi connectivity index (χ0v) is 52.0. The molecule has 10 nitrogen and oxygen atoms in total. The largest absolute Gasteiger partial charge is 0.465 e. The van der Waals surface area contributed by atoms with E-state index in [-0.39, 0.29) is 71.2 Å². The predicted molar refractivity (Wildman–Crippen MR) is 325 cm³/mol. The first-order valence-corrected chi connectivity index (χ1v) is 31.2. The lowest BCUT2D eigenvalue weighted by molar-refractivity contribution is -0.148. The maximum absolute atomic E-state index is 12.7. The van der Waals surface area contributed by atoms with Gasteiger partial charge < -0.3 is 38.0 Å². The number of methoxy groups -OCH3 is 2. The number of carbonyl (C=O) groups is 2. The Labute approximate surface area is 475 Å². The summed E-state index contributed by atoms with van der Waals surface area (Å²) in [6, 6.07) is 28.5. The highest BCUT2D eigenvalue weighted by molar-refractivity contribution is 6.74. The van der Waals surface area contributed by atoms with E-state index in [1.165, 1.54) is 14.2 Å². The lowest BCUT2D eigenvalue weighted by Gasteiger charge is -2.39. The van der Waals surface area contributed by atoms with Crippen molar-refractivity contribution in [2.45, 2.75) is 183 Å². The molecule has 4 aromatic rings. The monoisotopic (exact) mass is 1100 g/mol. The van der Waals surface area contributed by atoms with Crippen LogP contribution in [0.3, 0.4) is 0 Å². The number of carbonyl (C=O) groups excluding carboxylic acids is 2. The highest BCUT2D eigenvalue weighted by atomic mass is 28.4. The molecule has 430 valence electrons. The number of aliphatic hydroxyl groups excluding tert-OH is 1. The van der Waals surface area contributed by atoms with Crippen molar-refractivity contribution < 1.29 is 47.5 Å². The molecule has 4 aromatic carbocycles. The fourth-order valence-corrected chi connectivity index (χ4v) is 11.4. The Balaban J connectivity index is 0.000000295. The van der Waals surface area contributed by atoms with Crippen molar-refractivity contribution in [3.63, 3.8) is 0 Å². The van der Waals surface area contributed by atoms with Gasteiger partial charge in [0.05, 0.1) is 55.9 Å². The highest BCUT2D eigenvalue weighted by Gasteiger charge is 2.44. The number of ether oxygens (including phenoxy) is 6. The van der Waals surface area contributed by atoms with Gasteiger partial charge in [-0.25, -0.2) is 9.59 Å². The highest BCUT2D eigenvalue weighted by Crippen LogP contribution is 2.40. The Bertz CT molecular complexity index is 2750. The van der Waals surface area contributed by atoms with Gasteiger partial charge in [-0.05, 0) is 155 Å². The van der Waals surface area contributed by atoms with E-state index in [0.29, 0.717) is 24.0 Å². The minimum atomic E-state index is -1.84. The molecule has 0 radical (unpaired) electrons. The molecule has 2 unspecified atom stereocenters. The molecular weight excluding hydrogens is 1000 g/mol. The molecule has 2 saturated heterocycles. The molecule has 0 bridgehead atoms. The van der Waals surface area contributed by atoms with Crippen LogP contribution in [0.2, 0.25) is 18.1 Å². The van der Waals surface area contributed by atoms with Gasteiger partial charge in [0, 0.05) is 17.9 Å². The third-order valence-corrected chi connectivity index (χ3v) is 20.3. The van der Waals surface area contributed by atoms with Gasteiger partial charge in [-0.3, -0.25) is 0 Å². The minimum Gasteiger partial charge on any atom is -0.465 e. The van der Waals surface area contributed by atoms with Gasteiger partial charge in [0.1, 0.15) is 0 Å². The van der Waals surface area contributed by atoms with Crippen molar-refractivity contribution in [3.8, 4) is 22.3 Å². The van der Waals surface area contributed by atoms with E-state index < -0.39 is 26.0 Å². The number of aliphatic hydroxyl groups is 1. The van der Waals surface area contributed by atoms with Gasteiger partial charge in [-0.2, -0.15) is 0 Å². The normalized spacial score (nSPS) is 21.7. The van der Waals surface area contributed by atoms with Crippen LogP contribution in [0.4, 0.5) is 0 Å². The number of esters is 2. The van der Waals surface area contributed by atoms with Gasteiger partial charge in [0.2, 0.25) is 0 Å². The molecule has 2 fully saturated rings. The van der Waals surface area contributed by atoms with E-state index in [0.717, 1.165) is 44.5 Å². The van der Waals surface area contributed by atoms with Crippen molar-refractivity contribution in [2.24, 2.45) is 23.7 Å². The van der Waals surface area contributed by atoms with Gasteiger partial charge >= 0.3 is 11.9 Å². The number of aryl methyl sites for hydroxylation is 2. The molecule has 0 spiro atoms.